The van der Waals surface area contributed by atoms with Crippen molar-refractivity contribution in [1.82, 2.24) is 14.7 Å². The van der Waals surface area contributed by atoms with Gasteiger partial charge in [0.05, 0.1) is 24.4 Å². The van der Waals surface area contributed by atoms with Crippen molar-refractivity contribution in [3.8, 4) is 0 Å². The normalized spacial score (nSPS) is 22.6. The number of carbonyl (C=O) groups excluding carboxylic acids is 1. The van der Waals surface area contributed by atoms with E-state index in [1.54, 1.807) is 9.58 Å². The topological polar surface area (TPSA) is 56.6 Å². The van der Waals surface area contributed by atoms with Gasteiger partial charge in [-0.2, -0.15) is 5.10 Å². The highest BCUT2D eigenvalue weighted by molar-refractivity contribution is 5.68. The van der Waals surface area contributed by atoms with Gasteiger partial charge in [-0.3, -0.25) is 4.68 Å². The SMILES string of the molecule is Cn1ccc(COC2(C)CCN(C(=O)OC(C)(C)C)C2)n1. The van der Waals surface area contributed by atoms with Crippen molar-refractivity contribution >= 4 is 6.09 Å². The van der Waals surface area contributed by atoms with Crippen LogP contribution >= 0.6 is 0 Å². The zero-order valence-electron chi connectivity index (χ0n) is 13.5. The molecule has 0 bridgehead atoms. The number of ether oxygens (including phenoxy) is 2. The Bertz CT molecular complexity index is 507. The summed E-state index contributed by atoms with van der Waals surface area (Å²) in [5.74, 6) is 0. The summed E-state index contributed by atoms with van der Waals surface area (Å²) < 4.78 is 13.1. The van der Waals surface area contributed by atoms with Crippen LogP contribution in [0.4, 0.5) is 4.79 Å². The first-order chi connectivity index (χ1) is 9.67. The van der Waals surface area contributed by atoms with Crippen LogP contribution in [-0.4, -0.2) is 45.1 Å². The molecule has 1 atom stereocenters. The first-order valence-corrected chi connectivity index (χ1v) is 7.27. The predicted octanol–water partition coefficient (Wildman–Crippen LogP) is 2.34. The van der Waals surface area contributed by atoms with Crippen LogP contribution in [-0.2, 0) is 23.1 Å². The van der Waals surface area contributed by atoms with Crippen molar-refractivity contribution < 1.29 is 14.3 Å². The molecular formula is C15H25N3O3. The molecule has 1 unspecified atom stereocenters. The number of nitrogens with zero attached hydrogens (tertiary/aromatic N) is 3. The summed E-state index contributed by atoms with van der Waals surface area (Å²) in [6.45, 7) is 9.31. The van der Waals surface area contributed by atoms with Crippen molar-refractivity contribution in [2.24, 2.45) is 7.05 Å². The number of aryl methyl sites for hydroxylation is 1. The first-order valence-electron chi connectivity index (χ1n) is 7.27. The highest BCUT2D eigenvalue weighted by Gasteiger charge is 2.38. The standard InChI is InChI=1S/C15H25N3O3/c1-14(2,3)21-13(19)18-9-7-15(4,11-18)20-10-12-6-8-17(5)16-12/h6,8H,7,9-11H2,1-5H3. The Morgan fingerprint density at radius 1 is 1.48 bits per heavy atom. The average Bonchev–Trinajstić information content (AvgIpc) is 2.92. The van der Waals surface area contributed by atoms with Gasteiger partial charge in [-0.1, -0.05) is 0 Å². The predicted molar refractivity (Wildman–Crippen MR) is 78.8 cm³/mol. The average molecular weight is 295 g/mol. The molecule has 1 amide bonds. The van der Waals surface area contributed by atoms with Gasteiger partial charge in [0.25, 0.3) is 0 Å². The van der Waals surface area contributed by atoms with Crippen molar-refractivity contribution in [3.63, 3.8) is 0 Å². The Balaban J connectivity index is 1.86. The molecule has 1 aromatic heterocycles. The van der Waals surface area contributed by atoms with Crippen LogP contribution < -0.4 is 0 Å². The number of aromatic nitrogens is 2. The molecule has 0 aliphatic carbocycles. The molecule has 0 aromatic carbocycles. The zero-order valence-corrected chi connectivity index (χ0v) is 13.5. The van der Waals surface area contributed by atoms with Crippen molar-refractivity contribution in [2.75, 3.05) is 13.1 Å². The summed E-state index contributed by atoms with van der Waals surface area (Å²) in [5.41, 5.74) is 0.0914. The van der Waals surface area contributed by atoms with E-state index in [1.807, 2.05) is 47.0 Å². The van der Waals surface area contributed by atoms with Gasteiger partial charge in [-0.15, -0.1) is 0 Å². The highest BCUT2D eigenvalue weighted by atomic mass is 16.6. The Hall–Kier alpha value is -1.56. The first kappa shape index (κ1) is 15.8. The molecule has 2 rings (SSSR count). The molecule has 118 valence electrons. The minimum absolute atomic E-state index is 0.271. The summed E-state index contributed by atoms with van der Waals surface area (Å²) >= 11 is 0. The second-order valence-corrected chi connectivity index (χ2v) is 6.87. The minimum atomic E-state index is -0.467. The summed E-state index contributed by atoms with van der Waals surface area (Å²) in [4.78, 5) is 13.8. The van der Waals surface area contributed by atoms with Gasteiger partial charge in [-0.25, -0.2) is 4.79 Å². The molecule has 1 aromatic rings. The van der Waals surface area contributed by atoms with Crippen LogP contribution in [0.5, 0.6) is 0 Å². The fourth-order valence-electron chi connectivity index (χ4n) is 2.32. The molecule has 0 saturated carbocycles. The van der Waals surface area contributed by atoms with E-state index in [0.29, 0.717) is 19.7 Å². The second-order valence-electron chi connectivity index (χ2n) is 6.87. The summed E-state index contributed by atoms with van der Waals surface area (Å²) in [5, 5.41) is 4.29. The van der Waals surface area contributed by atoms with Crippen molar-refractivity contribution in [2.45, 2.75) is 51.9 Å². The lowest BCUT2D eigenvalue weighted by Gasteiger charge is -2.27. The lowest BCUT2D eigenvalue weighted by molar-refractivity contribution is -0.0388. The van der Waals surface area contributed by atoms with Crippen LogP contribution in [0.1, 0.15) is 39.8 Å². The third-order valence-corrected chi connectivity index (χ3v) is 3.42. The van der Waals surface area contributed by atoms with Crippen LogP contribution in [0.2, 0.25) is 0 Å². The van der Waals surface area contributed by atoms with E-state index >= 15 is 0 Å². The largest absolute Gasteiger partial charge is 0.444 e. The van der Waals surface area contributed by atoms with E-state index in [4.69, 9.17) is 9.47 Å². The van der Waals surface area contributed by atoms with E-state index in [2.05, 4.69) is 5.10 Å². The summed E-state index contributed by atoms with van der Waals surface area (Å²) in [6.07, 6.45) is 2.43. The molecule has 1 aliphatic heterocycles. The number of hydrogen-bond acceptors (Lipinski definition) is 4. The maximum Gasteiger partial charge on any atom is 0.410 e. The van der Waals surface area contributed by atoms with Gasteiger partial charge < -0.3 is 14.4 Å². The quantitative estimate of drug-likeness (QED) is 0.859. The van der Waals surface area contributed by atoms with Crippen LogP contribution in [0.3, 0.4) is 0 Å². The van der Waals surface area contributed by atoms with E-state index in [0.717, 1.165) is 12.1 Å². The Morgan fingerprint density at radius 3 is 2.76 bits per heavy atom. The molecule has 1 saturated heterocycles. The lowest BCUT2D eigenvalue weighted by Crippen LogP contribution is -2.39. The van der Waals surface area contributed by atoms with Crippen molar-refractivity contribution in [1.29, 1.82) is 0 Å². The second kappa shape index (κ2) is 5.67. The Morgan fingerprint density at radius 2 is 2.19 bits per heavy atom. The number of amides is 1. The molecule has 2 heterocycles. The van der Waals surface area contributed by atoms with Gasteiger partial charge in [0.15, 0.2) is 0 Å². The van der Waals surface area contributed by atoms with Gasteiger partial charge in [0.1, 0.15) is 5.60 Å². The van der Waals surface area contributed by atoms with Crippen LogP contribution in [0, 0.1) is 0 Å². The third-order valence-electron chi connectivity index (χ3n) is 3.42. The number of hydrogen-bond donors (Lipinski definition) is 0. The summed E-state index contributed by atoms with van der Waals surface area (Å²) in [6, 6.07) is 1.93. The van der Waals surface area contributed by atoms with Gasteiger partial charge >= 0.3 is 6.09 Å². The number of likely N-dealkylation sites (tertiary alicyclic amines) is 1. The molecule has 6 nitrogen and oxygen atoms in total. The molecule has 0 radical (unpaired) electrons. The molecular weight excluding hydrogens is 270 g/mol. The monoisotopic (exact) mass is 295 g/mol. The third kappa shape index (κ3) is 4.46. The molecule has 21 heavy (non-hydrogen) atoms. The zero-order chi connectivity index (χ0) is 15.7. The minimum Gasteiger partial charge on any atom is -0.444 e. The van der Waals surface area contributed by atoms with E-state index < -0.39 is 5.60 Å². The van der Waals surface area contributed by atoms with E-state index in [1.165, 1.54) is 0 Å². The molecule has 0 spiro atoms. The molecule has 6 heteroatoms. The van der Waals surface area contributed by atoms with Gasteiger partial charge in [0.2, 0.25) is 0 Å². The smallest absolute Gasteiger partial charge is 0.410 e. The van der Waals surface area contributed by atoms with Crippen molar-refractivity contribution in [3.05, 3.63) is 18.0 Å². The maximum atomic E-state index is 12.1. The Kier molecular flexibility index (Phi) is 4.27. The van der Waals surface area contributed by atoms with E-state index in [-0.39, 0.29) is 11.7 Å². The molecule has 1 fully saturated rings. The van der Waals surface area contributed by atoms with Crippen LogP contribution in [0.15, 0.2) is 12.3 Å². The number of rotatable bonds is 3. The fraction of sp³-hybridized carbons (Fsp3) is 0.733. The lowest BCUT2D eigenvalue weighted by atomic mass is 10.1. The Labute approximate surface area is 126 Å². The molecule has 0 N–H and O–H groups in total. The van der Waals surface area contributed by atoms with Gasteiger partial charge in [0, 0.05) is 19.8 Å². The maximum absolute atomic E-state index is 12.1. The number of carbonyl (C=O) groups is 1. The van der Waals surface area contributed by atoms with E-state index in [9.17, 15) is 4.79 Å². The highest BCUT2D eigenvalue weighted by Crippen LogP contribution is 2.27. The molecule has 1 aliphatic rings. The van der Waals surface area contributed by atoms with Crippen LogP contribution in [0.25, 0.3) is 0 Å². The van der Waals surface area contributed by atoms with Gasteiger partial charge in [-0.05, 0) is 40.2 Å². The fourth-order valence-corrected chi connectivity index (χ4v) is 2.32. The summed E-state index contributed by atoms with van der Waals surface area (Å²) in [7, 11) is 1.88.